The van der Waals surface area contributed by atoms with Gasteiger partial charge in [0.15, 0.2) is 9.84 Å². The van der Waals surface area contributed by atoms with Crippen LogP contribution in [0.3, 0.4) is 0 Å². The number of aryl methyl sites for hydroxylation is 2. The summed E-state index contributed by atoms with van der Waals surface area (Å²) in [5, 5.41) is 6.03. The summed E-state index contributed by atoms with van der Waals surface area (Å²) in [6.45, 7) is 8.42. The molecule has 1 rings (SSSR count). The Hall–Kier alpha value is -1.37. The van der Waals surface area contributed by atoms with Crippen molar-refractivity contribution in [1.82, 2.24) is 15.1 Å². The standard InChI is InChI=1S/C13H23N3O3S/c1-9(8-16-11(3)6-10(2)15-16)7-14-13(17)12(4)20(5,18)19/h6,9,12H,7-8H2,1-5H3,(H,14,17)/t9-,12+/m0/s1. The van der Waals surface area contributed by atoms with E-state index in [9.17, 15) is 13.2 Å². The first-order valence-corrected chi connectivity index (χ1v) is 8.54. The van der Waals surface area contributed by atoms with Gasteiger partial charge in [-0.2, -0.15) is 5.10 Å². The molecule has 1 amide bonds. The lowest BCUT2D eigenvalue weighted by molar-refractivity contribution is -0.120. The van der Waals surface area contributed by atoms with Crippen LogP contribution in [0.5, 0.6) is 0 Å². The Bertz CT molecular complexity index is 578. The Balaban J connectivity index is 2.50. The molecule has 0 unspecified atom stereocenters. The van der Waals surface area contributed by atoms with Crippen LogP contribution in [0.2, 0.25) is 0 Å². The van der Waals surface area contributed by atoms with Gasteiger partial charge in [0, 0.05) is 25.0 Å². The van der Waals surface area contributed by atoms with Crippen molar-refractivity contribution >= 4 is 15.7 Å². The average molecular weight is 301 g/mol. The minimum atomic E-state index is -3.34. The molecule has 1 heterocycles. The molecule has 2 atom stereocenters. The van der Waals surface area contributed by atoms with Crippen LogP contribution in [-0.2, 0) is 21.2 Å². The summed E-state index contributed by atoms with van der Waals surface area (Å²) >= 11 is 0. The van der Waals surface area contributed by atoms with E-state index in [1.165, 1.54) is 6.92 Å². The van der Waals surface area contributed by atoms with E-state index < -0.39 is 21.0 Å². The highest BCUT2D eigenvalue weighted by molar-refractivity contribution is 7.92. The first-order chi connectivity index (χ1) is 9.11. The summed E-state index contributed by atoms with van der Waals surface area (Å²) in [5.74, 6) is -0.281. The third kappa shape index (κ3) is 4.63. The molecule has 0 saturated heterocycles. The monoisotopic (exact) mass is 301 g/mol. The van der Waals surface area contributed by atoms with Gasteiger partial charge in [0.2, 0.25) is 5.91 Å². The van der Waals surface area contributed by atoms with Gasteiger partial charge in [-0.1, -0.05) is 6.92 Å². The molecule has 0 radical (unpaired) electrons. The van der Waals surface area contributed by atoms with E-state index in [2.05, 4.69) is 10.4 Å². The van der Waals surface area contributed by atoms with Crippen LogP contribution < -0.4 is 5.32 Å². The zero-order valence-electron chi connectivity index (χ0n) is 12.7. The van der Waals surface area contributed by atoms with Gasteiger partial charge < -0.3 is 5.32 Å². The predicted molar refractivity (Wildman–Crippen MR) is 78.2 cm³/mol. The highest BCUT2D eigenvalue weighted by atomic mass is 32.2. The SMILES string of the molecule is Cc1cc(C)n(C[C@@H](C)CNC(=O)[C@@H](C)S(C)(=O)=O)n1. The van der Waals surface area contributed by atoms with Gasteiger partial charge in [-0.15, -0.1) is 0 Å². The fourth-order valence-electron chi connectivity index (χ4n) is 1.83. The van der Waals surface area contributed by atoms with Gasteiger partial charge in [-0.05, 0) is 32.8 Å². The van der Waals surface area contributed by atoms with Crippen LogP contribution >= 0.6 is 0 Å². The number of aromatic nitrogens is 2. The molecule has 114 valence electrons. The highest BCUT2D eigenvalue weighted by Gasteiger charge is 2.23. The summed E-state index contributed by atoms with van der Waals surface area (Å²) in [6, 6.07) is 2.00. The molecule has 0 saturated carbocycles. The Labute approximate surface area is 120 Å². The predicted octanol–water partition coefficient (Wildman–Crippen LogP) is 0.685. The van der Waals surface area contributed by atoms with E-state index in [-0.39, 0.29) is 5.92 Å². The third-order valence-corrected chi connectivity index (χ3v) is 4.72. The molecule has 0 aliphatic heterocycles. The minimum absolute atomic E-state index is 0.170. The second-order valence-corrected chi connectivity index (χ2v) is 7.80. The molecule has 0 spiro atoms. The molecule has 20 heavy (non-hydrogen) atoms. The molecule has 1 N–H and O–H groups in total. The summed E-state index contributed by atoms with van der Waals surface area (Å²) in [4.78, 5) is 11.7. The number of amides is 1. The quantitative estimate of drug-likeness (QED) is 0.838. The van der Waals surface area contributed by atoms with Crippen molar-refractivity contribution in [3.05, 3.63) is 17.5 Å². The average Bonchev–Trinajstić information content (AvgIpc) is 2.62. The van der Waals surface area contributed by atoms with Gasteiger partial charge in [0.1, 0.15) is 5.25 Å². The smallest absolute Gasteiger partial charge is 0.238 e. The van der Waals surface area contributed by atoms with Gasteiger partial charge in [0.05, 0.1) is 5.69 Å². The van der Waals surface area contributed by atoms with E-state index in [0.717, 1.165) is 17.6 Å². The molecule has 7 heteroatoms. The zero-order valence-corrected chi connectivity index (χ0v) is 13.5. The molecule has 0 fully saturated rings. The molecule has 1 aromatic heterocycles. The van der Waals surface area contributed by atoms with Crippen molar-refractivity contribution in [2.45, 2.75) is 39.5 Å². The lowest BCUT2D eigenvalue weighted by atomic mass is 10.2. The van der Waals surface area contributed by atoms with Crippen molar-refractivity contribution in [3.8, 4) is 0 Å². The van der Waals surface area contributed by atoms with Crippen LogP contribution in [-0.4, -0.2) is 42.2 Å². The molecule has 6 nitrogen and oxygen atoms in total. The molecule has 0 aliphatic carbocycles. The number of hydrogen-bond acceptors (Lipinski definition) is 4. The fraction of sp³-hybridized carbons (Fsp3) is 0.692. The number of carbonyl (C=O) groups is 1. The van der Waals surface area contributed by atoms with Crippen molar-refractivity contribution in [2.24, 2.45) is 5.92 Å². The van der Waals surface area contributed by atoms with Crippen molar-refractivity contribution < 1.29 is 13.2 Å². The number of rotatable bonds is 6. The van der Waals surface area contributed by atoms with Crippen LogP contribution in [0, 0.1) is 19.8 Å². The maximum atomic E-state index is 11.7. The third-order valence-electron chi connectivity index (χ3n) is 3.22. The molecule has 0 aromatic carbocycles. The van der Waals surface area contributed by atoms with Crippen LogP contribution in [0.15, 0.2) is 6.07 Å². The van der Waals surface area contributed by atoms with Gasteiger partial charge in [-0.3, -0.25) is 9.48 Å². The van der Waals surface area contributed by atoms with Crippen molar-refractivity contribution in [1.29, 1.82) is 0 Å². The molecule has 0 bridgehead atoms. The largest absolute Gasteiger partial charge is 0.355 e. The maximum absolute atomic E-state index is 11.7. The Kier molecular flexibility index (Phi) is 5.33. The van der Waals surface area contributed by atoms with Crippen molar-refractivity contribution in [3.63, 3.8) is 0 Å². The van der Waals surface area contributed by atoms with Gasteiger partial charge in [-0.25, -0.2) is 8.42 Å². The van der Waals surface area contributed by atoms with Crippen LogP contribution in [0.4, 0.5) is 0 Å². The molecular weight excluding hydrogens is 278 g/mol. The molecular formula is C13H23N3O3S. The first-order valence-electron chi connectivity index (χ1n) is 6.59. The summed E-state index contributed by atoms with van der Waals surface area (Å²) < 4.78 is 24.5. The van der Waals surface area contributed by atoms with Crippen LogP contribution in [0.1, 0.15) is 25.2 Å². The number of carbonyl (C=O) groups excluding carboxylic acids is 1. The topological polar surface area (TPSA) is 81.1 Å². The second kappa shape index (κ2) is 6.39. The highest BCUT2D eigenvalue weighted by Crippen LogP contribution is 2.06. The van der Waals surface area contributed by atoms with Crippen LogP contribution in [0.25, 0.3) is 0 Å². The molecule has 0 aliphatic rings. The number of hydrogen-bond donors (Lipinski definition) is 1. The van der Waals surface area contributed by atoms with Gasteiger partial charge >= 0.3 is 0 Å². The van der Waals surface area contributed by atoms with E-state index in [1.54, 1.807) is 0 Å². The van der Waals surface area contributed by atoms with E-state index in [0.29, 0.717) is 13.1 Å². The number of nitrogens with one attached hydrogen (secondary N) is 1. The number of nitrogens with zero attached hydrogens (tertiary/aromatic N) is 2. The van der Waals surface area contributed by atoms with E-state index in [1.807, 2.05) is 31.5 Å². The normalized spacial score (nSPS) is 14.8. The lowest BCUT2D eigenvalue weighted by Crippen LogP contribution is -2.40. The maximum Gasteiger partial charge on any atom is 0.238 e. The fourth-order valence-corrected chi connectivity index (χ4v) is 2.30. The van der Waals surface area contributed by atoms with E-state index >= 15 is 0 Å². The summed E-state index contributed by atoms with van der Waals surface area (Å²) in [6.07, 6.45) is 1.07. The first kappa shape index (κ1) is 16.7. The lowest BCUT2D eigenvalue weighted by Gasteiger charge is -2.16. The summed E-state index contributed by atoms with van der Waals surface area (Å²) in [5.41, 5.74) is 2.04. The van der Waals surface area contributed by atoms with Crippen molar-refractivity contribution in [2.75, 3.05) is 12.8 Å². The summed E-state index contributed by atoms with van der Waals surface area (Å²) in [7, 11) is -3.34. The number of sulfone groups is 1. The van der Waals surface area contributed by atoms with E-state index in [4.69, 9.17) is 0 Å². The van der Waals surface area contributed by atoms with Gasteiger partial charge in [0.25, 0.3) is 0 Å². The minimum Gasteiger partial charge on any atom is -0.355 e. The zero-order chi connectivity index (χ0) is 15.5. The Morgan fingerprint density at radius 3 is 2.45 bits per heavy atom. The Morgan fingerprint density at radius 2 is 2.00 bits per heavy atom. The Morgan fingerprint density at radius 1 is 1.40 bits per heavy atom. The molecule has 1 aromatic rings. The second-order valence-electron chi connectivity index (χ2n) is 5.43.